The summed E-state index contributed by atoms with van der Waals surface area (Å²) >= 11 is 0. The quantitative estimate of drug-likeness (QED) is 0.245. The van der Waals surface area contributed by atoms with Gasteiger partial charge in [-0.05, 0) is 30.2 Å². The number of hydrogen-bond donors (Lipinski definition) is 0. The van der Waals surface area contributed by atoms with Crippen molar-refractivity contribution in [3.63, 3.8) is 0 Å². The second-order valence-corrected chi connectivity index (χ2v) is 4.88. The van der Waals surface area contributed by atoms with Crippen LogP contribution in [0, 0.1) is 0 Å². The third-order valence-electron chi connectivity index (χ3n) is 3.27. The van der Waals surface area contributed by atoms with E-state index in [1.54, 1.807) is 18.2 Å². The lowest BCUT2D eigenvalue weighted by molar-refractivity contribution is -0.130. The van der Waals surface area contributed by atoms with Gasteiger partial charge in [-0.25, -0.2) is 4.79 Å². The molecule has 0 fully saturated rings. The van der Waals surface area contributed by atoms with Gasteiger partial charge in [0.2, 0.25) is 0 Å². The van der Waals surface area contributed by atoms with Crippen molar-refractivity contribution >= 4 is 5.97 Å². The molecule has 2 aromatic carbocycles. The Labute approximate surface area is 136 Å². The standard InChI is InChI=1S/C20H20O3/c1-3-18(20(21)23-17-13-9-6-10-14-17)19(4-2)22-15-16-11-7-5-8-12-16/h4-14H,2-3,15H2,1H3/b19-18-. The molecule has 2 aromatic rings. The van der Waals surface area contributed by atoms with Crippen LogP contribution in [0.15, 0.2) is 84.7 Å². The Morgan fingerprint density at radius 3 is 2.22 bits per heavy atom. The highest BCUT2D eigenvalue weighted by atomic mass is 16.5. The van der Waals surface area contributed by atoms with Crippen LogP contribution in [0.4, 0.5) is 0 Å². The van der Waals surface area contributed by atoms with E-state index in [0.717, 1.165) is 5.56 Å². The molecule has 0 aromatic heterocycles. The average molecular weight is 308 g/mol. The molecule has 0 atom stereocenters. The maximum atomic E-state index is 12.3. The number of ether oxygens (including phenoxy) is 2. The molecule has 2 rings (SSSR count). The van der Waals surface area contributed by atoms with Crippen LogP contribution in [-0.4, -0.2) is 5.97 Å². The Balaban J connectivity index is 2.11. The summed E-state index contributed by atoms with van der Waals surface area (Å²) in [5, 5.41) is 0. The molecule has 0 N–H and O–H groups in total. The number of para-hydroxylation sites is 1. The lowest BCUT2D eigenvalue weighted by Gasteiger charge is -2.12. The predicted molar refractivity (Wildman–Crippen MR) is 90.8 cm³/mol. The largest absolute Gasteiger partial charge is 0.488 e. The number of carbonyl (C=O) groups is 1. The highest BCUT2D eigenvalue weighted by molar-refractivity contribution is 5.91. The lowest BCUT2D eigenvalue weighted by Crippen LogP contribution is -2.13. The molecule has 3 heteroatoms. The molecule has 0 saturated heterocycles. The molecule has 0 unspecified atom stereocenters. The number of allylic oxidation sites excluding steroid dienone is 1. The van der Waals surface area contributed by atoms with E-state index in [1.165, 1.54) is 0 Å². The van der Waals surface area contributed by atoms with Gasteiger partial charge in [0.15, 0.2) is 0 Å². The van der Waals surface area contributed by atoms with Crippen molar-refractivity contribution in [1.29, 1.82) is 0 Å². The van der Waals surface area contributed by atoms with Gasteiger partial charge >= 0.3 is 5.97 Å². The smallest absolute Gasteiger partial charge is 0.343 e. The molecule has 3 nitrogen and oxygen atoms in total. The molecule has 23 heavy (non-hydrogen) atoms. The first-order valence-corrected chi connectivity index (χ1v) is 7.54. The maximum absolute atomic E-state index is 12.3. The summed E-state index contributed by atoms with van der Waals surface area (Å²) in [5.41, 5.74) is 1.50. The summed E-state index contributed by atoms with van der Waals surface area (Å²) in [6.45, 7) is 6.01. The van der Waals surface area contributed by atoms with Gasteiger partial charge in [0, 0.05) is 0 Å². The van der Waals surface area contributed by atoms with Crippen molar-refractivity contribution in [2.45, 2.75) is 20.0 Å². The summed E-state index contributed by atoms with van der Waals surface area (Å²) in [4.78, 5) is 12.3. The molecule has 0 radical (unpaired) electrons. The first-order valence-electron chi connectivity index (χ1n) is 7.54. The van der Waals surface area contributed by atoms with Crippen LogP contribution in [0.25, 0.3) is 0 Å². The van der Waals surface area contributed by atoms with Crippen LogP contribution in [0.5, 0.6) is 5.75 Å². The van der Waals surface area contributed by atoms with Crippen LogP contribution in [0.1, 0.15) is 18.9 Å². The second kappa shape index (κ2) is 8.59. The molecular formula is C20H20O3. The van der Waals surface area contributed by atoms with Crippen molar-refractivity contribution in [3.05, 3.63) is 90.2 Å². The van der Waals surface area contributed by atoms with Crippen LogP contribution in [-0.2, 0) is 16.1 Å². The third-order valence-corrected chi connectivity index (χ3v) is 3.27. The monoisotopic (exact) mass is 308 g/mol. The first-order chi connectivity index (χ1) is 11.2. The minimum Gasteiger partial charge on any atom is -0.488 e. The van der Waals surface area contributed by atoms with Crippen molar-refractivity contribution in [3.8, 4) is 5.75 Å². The molecule has 0 aliphatic rings. The summed E-state index contributed by atoms with van der Waals surface area (Å²) < 4.78 is 11.1. The molecular weight excluding hydrogens is 288 g/mol. The zero-order valence-electron chi connectivity index (χ0n) is 13.2. The molecule has 0 heterocycles. The van der Waals surface area contributed by atoms with Gasteiger partial charge in [-0.3, -0.25) is 0 Å². The molecule has 0 amide bonds. The summed E-state index contributed by atoms with van der Waals surface area (Å²) in [7, 11) is 0. The molecule has 0 bridgehead atoms. The van der Waals surface area contributed by atoms with Crippen molar-refractivity contribution in [2.24, 2.45) is 0 Å². The Hall–Kier alpha value is -2.81. The minimum atomic E-state index is -0.415. The Bertz CT molecular complexity index is 673. The van der Waals surface area contributed by atoms with Gasteiger partial charge in [0.05, 0.1) is 5.57 Å². The Kier molecular flexibility index (Phi) is 6.18. The molecule has 0 aliphatic carbocycles. The topological polar surface area (TPSA) is 35.5 Å². The molecule has 0 aliphatic heterocycles. The molecule has 0 saturated carbocycles. The SMILES string of the molecule is C=C/C(OCc1ccccc1)=C(\CC)C(=O)Oc1ccccc1. The number of benzene rings is 2. The predicted octanol–water partition coefficient (Wildman–Crippen LogP) is 4.66. The molecule has 118 valence electrons. The fourth-order valence-corrected chi connectivity index (χ4v) is 2.08. The summed E-state index contributed by atoms with van der Waals surface area (Å²) in [6.07, 6.45) is 2.05. The van der Waals surface area contributed by atoms with E-state index < -0.39 is 5.97 Å². The van der Waals surface area contributed by atoms with Gasteiger partial charge in [0.1, 0.15) is 18.1 Å². The second-order valence-electron chi connectivity index (χ2n) is 4.88. The Morgan fingerprint density at radius 1 is 1.04 bits per heavy atom. The fourth-order valence-electron chi connectivity index (χ4n) is 2.08. The molecule has 0 spiro atoms. The van der Waals surface area contributed by atoms with E-state index in [0.29, 0.717) is 30.1 Å². The van der Waals surface area contributed by atoms with E-state index in [-0.39, 0.29) is 0 Å². The van der Waals surface area contributed by atoms with Crippen molar-refractivity contribution in [2.75, 3.05) is 0 Å². The highest BCUT2D eigenvalue weighted by Gasteiger charge is 2.16. The number of rotatable bonds is 7. The van der Waals surface area contributed by atoms with Crippen LogP contribution >= 0.6 is 0 Å². The van der Waals surface area contributed by atoms with E-state index in [4.69, 9.17) is 9.47 Å². The lowest BCUT2D eigenvalue weighted by atomic mass is 10.1. The van der Waals surface area contributed by atoms with Gasteiger partial charge in [-0.15, -0.1) is 0 Å². The number of esters is 1. The van der Waals surface area contributed by atoms with Gasteiger partial charge in [0.25, 0.3) is 0 Å². The highest BCUT2D eigenvalue weighted by Crippen LogP contribution is 2.18. The zero-order chi connectivity index (χ0) is 16.5. The van der Waals surface area contributed by atoms with Crippen LogP contribution in [0.3, 0.4) is 0 Å². The van der Waals surface area contributed by atoms with E-state index in [9.17, 15) is 4.79 Å². The number of hydrogen-bond acceptors (Lipinski definition) is 3. The van der Waals surface area contributed by atoms with Gasteiger partial charge in [-0.2, -0.15) is 0 Å². The first kappa shape index (κ1) is 16.6. The van der Waals surface area contributed by atoms with Crippen LogP contribution in [0.2, 0.25) is 0 Å². The third kappa shape index (κ3) is 4.85. The van der Waals surface area contributed by atoms with Crippen molar-refractivity contribution < 1.29 is 14.3 Å². The van der Waals surface area contributed by atoms with Gasteiger partial charge < -0.3 is 9.47 Å². The Morgan fingerprint density at radius 2 is 1.65 bits per heavy atom. The maximum Gasteiger partial charge on any atom is 0.343 e. The fraction of sp³-hybridized carbons (Fsp3) is 0.150. The average Bonchev–Trinajstić information content (AvgIpc) is 2.60. The van der Waals surface area contributed by atoms with Crippen molar-refractivity contribution in [1.82, 2.24) is 0 Å². The van der Waals surface area contributed by atoms with E-state index in [1.807, 2.05) is 55.5 Å². The zero-order valence-corrected chi connectivity index (χ0v) is 13.2. The van der Waals surface area contributed by atoms with E-state index >= 15 is 0 Å². The van der Waals surface area contributed by atoms with E-state index in [2.05, 4.69) is 6.58 Å². The number of carbonyl (C=O) groups excluding carboxylic acids is 1. The summed E-state index contributed by atoms with van der Waals surface area (Å²) in [5.74, 6) is 0.550. The normalized spacial score (nSPS) is 11.3. The summed E-state index contributed by atoms with van der Waals surface area (Å²) in [6, 6.07) is 18.8. The van der Waals surface area contributed by atoms with Crippen LogP contribution < -0.4 is 4.74 Å². The van der Waals surface area contributed by atoms with Gasteiger partial charge in [-0.1, -0.05) is 62.0 Å². The minimum absolute atomic E-state index is 0.379.